The number of nitrogens with zero attached hydrogens (tertiary/aromatic N) is 6. The minimum absolute atomic E-state index is 0.142. The fourth-order valence-corrected chi connectivity index (χ4v) is 2.54. The van der Waals surface area contributed by atoms with Crippen molar-refractivity contribution in [1.29, 1.82) is 0 Å². The first-order chi connectivity index (χ1) is 12.0. The highest BCUT2D eigenvalue weighted by molar-refractivity contribution is 6.33. The standard InChI is InChI=1S/C15H10ClF2N7/c1-24-7-8(5-19-24)21-15-23-13(12-10(17)3-2-4-11(12)18)22-14-9(16)6-20-25(14)15/h2-7H,1H3,(H,21,22,23). The van der Waals surface area contributed by atoms with Crippen molar-refractivity contribution in [1.82, 2.24) is 29.4 Å². The minimum Gasteiger partial charge on any atom is -0.321 e. The van der Waals surface area contributed by atoms with Gasteiger partial charge in [0.2, 0.25) is 5.95 Å². The average Bonchev–Trinajstić information content (AvgIpc) is 3.14. The number of halogens is 3. The molecule has 0 radical (unpaired) electrons. The fraction of sp³-hybridized carbons (Fsp3) is 0.0667. The summed E-state index contributed by atoms with van der Waals surface area (Å²) in [6.45, 7) is 0. The molecule has 0 atom stereocenters. The molecular formula is C15H10ClF2N7. The number of hydrogen-bond acceptors (Lipinski definition) is 5. The van der Waals surface area contributed by atoms with E-state index in [1.807, 2.05) is 0 Å². The number of anilines is 2. The van der Waals surface area contributed by atoms with Crippen molar-refractivity contribution in [3.05, 3.63) is 53.4 Å². The maximum absolute atomic E-state index is 14.1. The largest absolute Gasteiger partial charge is 0.321 e. The molecule has 0 aliphatic rings. The molecule has 0 saturated carbocycles. The SMILES string of the molecule is Cn1cc(Nc2nc(-c3c(F)cccc3F)nc3c(Cl)cnn23)cn1. The Bertz CT molecular complexity index is 1070. The van der Waals surface area contributed by atoms with Gasteiger partial charge < -0.3 is 5.32 Å². The fourth-order valence-electron chi connectivity index (χ4n) is 2.37. The third-order valence-corrected chi connectivity index (χ3v) is 3.74. The molecule has 25 heavy (non-hydrogen) atoms. The van der Waals surface area contributed by atoms with Gasteiger partial charge in [0, 0.05) is 13.2 Å². The highest BCUT2D eigenvalue weighted by Gasteiger charge is 2.19. The Hall–Kier alpha value is -3.07. The van der Waals surface area contributed by atoms with Crippen LogP contribution in [-0.2, 0) is 7.05 Å². The summed E-state index contributed by atoms with van der Waals surface area (Å²) in [5.74, 6) is -1.49. The molecule has 1 aromatic carbocycles. The van der Waals surface area contributed by atoms with Crippen LogP contribution in [0, 0.1) is 11.6 Å². The van der Waals surface area contributed by atoms with Crippen molar-refractivity contribution in [3.8, 4) is 11.4 Å². The van der Waals surface area contributed by atoms with Crippen LogP contribution in [0.2, 0.25) is 5.02 Å². The molecule has 7 nitrogen and oxygen atoms in total. The maximum atomic E-state index is 14.1. The Kier molecular flexibility index (Phi) is 3.57. The monoisotopic (exact) mass is 361 g/mol. The lowest BCUT2D eigenvalue weighted by Gasteiger charge is -2.09. The average molecular weight is 362 g/mol. The van der Waals surface area contributed by atoms with E-state index in [0.717, 1.165) is 12.1 Å². The van der Waals surface area contributed by atoms with E-state index >= 15 is 0 Å². The lowest BCUT2D eigenvalue weighted by atomic mass is 10.2. The summed E-state index contributed by atoms with van der Waals surface area (Å²) < 4.78 is 31.2. The highest BCUT2D eigenvalue weighted by atomic mass is 35.5. The summed E-state index contributed by atoms with van der Waals surface area (Å²) in [6, 6.07) is 3.55. The van der Waals surface area contributed by atoms with E-state index in [-0.39, 0.29) is 28.0 Å². The van der Waals surface area contributed by atoms with Gasteiger partial charge in [-0.15, -0.1) is 0 Å². The van der Waals surface area contributed by atoms with Crippen LogP contribution in [0.5, 0.6) is 0 Å². The lowest BCUT2D eigenvalue weighted by molar-refractivity contribution is 0.587. The lowest BCUT2D eigenvalue weighted by Crippen LogP contribution is -2.07. The number of aryl methyl sites for hydroxylation is 1. The number of benzene rings is 1. The van der Waals surface area contributed by atoms with Gasteiger partial charge in [0.15, 0.2) is 11.5 Å². The van der Waals surface area contributed by atoms with E-state index in [2.05, 4.69) is 25.5 Å². The predicted octanol–water partition coefficient (Wildman–Crippen LogP) is 3.20. The van der Waals surface area contributed by atoms with Crippen LogP contribution in [0.15, 0.2) is 36.8 Å². The molecule has 1 N–H and O–H groups in total. The summed E-state index contributed by atoms with van der Waals surface area (Å²) in [7, 11) is 1.76. The molecule has 0 aliphatic carbocycles. The number of nitrogens with one attached hydrogen (secondary N) is 1. The predicted molar refractivity (Wildman–Crippen MR) is 87.6 cm³/mol. The summed E-state index contributed by atoms with van der Waals surface area (Å²) in [6.07, 6.45) is 4.66. The summed E-state index contributed by atoms with van der Waals surface area (Å²) in [5, 5.41) is 11.3. The zero-order valence-corrected chi connectivity index (χ0v) is 13.5. The third kappa shape index (κ3) is 2.68. The molecule has 0 saturated heterocycles. The molecule has 0 spiro atoms. The van der Waals surface area contributed by atoms with Gasteiger partial charge in [-0.2, -0.15) is 19.7 Å². The molecule has 0 bridgehead atoms. The molecule has 3 heterocycles. The van der Waals surface area contributed by atoms with Gasteiger partial charge in [-0.3, -0.25) is 4.68 Å². The van der Waals surface area contributed by atoms with Gasteiger partial charge in [-0.25, -0.2) is 13.8 Å². The first kappa shape index (κ1) is 15.5. The molecule has 4 aromatic rings. The van der Waals surface area contributed by atoms with E-state index in [0.29, 0.717) is 5.69 Å². The Morgan fingerprint density at radius 2 is 1.84 bits per heavy atom. The molecule has 4 rings (SSSR count). The number of aromatic nitrogens is 6. The van der Waals surface area contributed by atoms with Gasteiger partial charge in [0.25, 0.3) is 0 Å². The highest BCUT2D eigenvalue weighted by Crippen LogP contribution is 2.27. The number of fused-ring (bicyclic) bond motifs is 1. The first-order valence-electron chi connectivity index (χ1n) is 7.14. The van der Waals surface area contributed by atoms with E-state index in [1.165, 1.54) is 16.8 Å². The van der Waals surface area contributed by atoms with E-state index in [1.54, 1.807) is 24.1 Å². The second kappa shape index (κ2) is 5.78. The van der Waals surface area contributed by atoms with E-state index < -0.39 is 11.6 Å². The van der Waals surface area contributed by atoms with Crippen LogP contribution >= 0.6 is 11.6 Å². The van der Waals surface area contributed by atoms with Crippen LogP contribution in [-0.4, -0.2) is 29.4 Å². The Morgan fingerprint density at radius 1 is 1.08 bits per heavy atom. The molecule has 3 aromatic heterocycles. The van der Waals surface area contributed by atoms with E-state index in [4.69, 9.17) is 11.6 Å². The molecule has 10 heteroatoms. The molecule has 0 amide bonds. The molecule has 0 fully saturated rings. The Morgan fingerprint density at radius 3 is 2.52 bits per heavy atom. The molecule has 0 aliphatic heterocycles. The van der Waals surface area contributed by atoms with Crippen molar-refractivity contribution < 1.29 is 8.78 Å². The molecular weight excluding hydrogens is 352 g/mol. The maximum Gasteiger partial charge on any atom is 0.232 e. The quantitative estimate of drug-likeness (QED) is 0.606. The Labute approximate surface area is 144 Å². The van der Waals surface area contributed by atoms with Crippen molar-refractivity contribution in [2.75, 3.05) is 5.32 Å². The second-order valence-corrected chi connectivity index (χ2v) is 5.63. The van der Waals surface area contributed by atoms with Gasteiger partial charge in [-0.1, -0.05) is 17.7 Å². The smallest absolute Gasteiger partial charge is 0.232 e. The van der Waals surface area contributed by atoms with Crippen LogP contribution in [0.25, 0.3) is 17.0 Å². The van der Waals surface area contributed by atoms with Crippen molar-refractivity contribution in [2.24, 2.45) is 7.05 Å². The van der Waals surface area contributed by atoms with Crippen LogP contribution in [0.3, 0.4) is 0 Å². The minimum atomic E-state index is -0.771. The number of hydrogen-bond donors (Lipinski definition) is 1. The van der Waals surface area contributed by atoms with Crippen LogP contribution in [0.4, 0.5) is 20.4 Å². The van der Waals surface area contributed by atoms with Crippen LogP contribution < -0.4 is 5.32 Å². The Balaban J connectivity index is 1.93. The first-order valence-corrected chi connectivity index (χ1v) is 7.52. The summed E-state index contributed by atoms with van der Waals surface area (Å²) >= 11 is 6.09. The number of rotatable bonds is 3. The van der Waals surface area contributed by atoms with Gasteiger partial charge in [0.05, 0.1) is 23.6 Å². The van der Waals surface area contributed by atoms with Gasteiger partial charge >= 0.3 is 0 Å². The van der Waals surface area contributed by atoms with Crippen LogP contribution in [0.1, 0.15) is 0 Å². The zero-order valence-electron chi connectivity index (χ0n) is 12.8. The van der Waals surface area contributed by atoms with E-state index in [9.17, 15) is 8.78 Å². The third-order valence-electron chi connectivity index (χ3n) is 3.47. The second-order valence-electron chi connectivity index (χ2n) is 5.22. The van der Waals surface area contributed by atoms with Gasteiger partial charge in [-0.05, 0) is 12.1 Å². The summed E-state index contributed by atoms with van der Waals surface area (Å²) in [5.41, 5.74) is 0.506. The molecule has 0 unspecified atom stereocenters. The van der Waals surface area contributed by atoms with Crippen molar-refractivity contribution in [3.63, 3.8) is 0 Å². The normalized spacial score (nSPS) is 11.2. The van der Waals surface area contributed by atoms with Crippen molar-refractivity contribution in [2.45, 2.75) is 0 Å². The van der Waals surface area contributed by atoms with Crippen molar-refractivity contribution >= 4 is 28.9 Å². The zero-order chi connectivity index (χ0) is 17.6. The van der Waals surface area contributed by atoms with Gasteiger partial charge in [0.1, 0.15) is 16.7 Å². The summed E-state index contributed by atoms with van der Waals surface area (Å²) in [4.78, 5) is 8.36. The molecule has 126 valence electrons. The topological polar surface area (TPSA) is 72.9 Å².